The summed E-state index contributed by atoms with van der Waals surface area (Å²) in [6.07, 6.45) is 4.83. The Labute approximate surface area is 132 Å². The second-order valence-corrected chi connectivity index (χ2v) is 7.77. The van der Waals surface area contributed by atoms with Gasteiger partial charge < -0.3 is 14.4 Å². The third-order valence-corrected chi connectivity index (χ3v) is 5.38. The molecule has 0 aromatic carbocycles. The number of hydrogen-bond donors (Lipinski definition) is 0. The van der Waals surface area contributed by atoms with Crippen LogP contribution in [0, 0.1) is 17.3 Å². The summed E-state index contributed by atoms with van der Waals surface area (Å²) in [5.41, 5.74) is -0.0303. The average molecular weight is 309 g/mol. The molecule has 0 aromatic rings. The summed E-state index contributed by atoms with van der Waals surface area (Å²) in [4.78, 5) is 26.4. The largest absolute Gasteiger partial charge is 0.465 e. The highest BCUT2D eigenvalue weighted by Crippen LogP contribution is 2.32. The fourth-order valence-corrected chi connectivity index (χ4v) is 3.69. The molecule has 0 aromatic heterocycles. The maximum Gasteiger partial charge on any atom is 0.311 e. The van der Waals surface area contributed by atoms with Crippen molar-refractivity contribution in [1.29, 1.82) is 0 Å². The number of ether oxygens (including phenoxy) is 2. The van der Waals surface area contributed by atoms with E-state index in [9.17, 15) is 9.59 Å². The maximum absolute atomic E-state index is 12.2. The Kier molecular flexibility index (Phi) is 4.44. The number of hydrogen-bond acceptors (Lipinski definition) is 4. The molecule has 2 saturated heterocycles. The molecule has 0 bridgehead atoms. The molecule has 1 unspecified atom stereocenters. The van der Waals surface area contributed by atoms with Gasteiger partial charge in [0.15, 0.2) is 0 Å². The third-order valence-electron chi connectivity index (χ3n) is 5.38. The zero-order valence-electron chi connectivity index (χ0n) is 13.7. The minimum Gasteiger partial charge on any atom is -0.465 e. The summed E-state index contributed by atoms with van der Waals surface area (Å²) in [5.74, 6) is 0.393. The Bertz CT molecular complexity index is 438. The van der Waals surface area contributed by atoms with Crippen LogP contribution in [0.15, 0.2) is 0 Å². The van der Waals surface area contributed by atoms with Crippen LogP contribution >= 0.6 is 0 Å². The van der Waals surface area contributed by atoms with E-state index >= 15 is 0 Å². The van der Waals surface area contributed by atoms with Crippen LogP contribution in [-0.4, -0.2) is 49.2 Å². The summed E-state index contributed by atoms with van der Waals surface area (Å²) in [7, 11) is 0. The van der Waals surface area contributed by atoms with Gasteiger partial charge in [0.1, 0.15) is 6.61 Å². The molecule has 0 spiro atoms. The summed E-state index contributed by atoms with van der Waals surface area (Å²) in [6, 6.07) is 0.332. The number of nitrogens with zero attached hydrogens (tertiary/aromatic N) is 1. The van der Waals surface area contributed by atoms with Crippen molar-refractivity contribution in [2.24, 2.45) is 17.3 Å². The molecule has 2 aliphatic heterocycles. The summed E-state index contributed by atoms with van der Waals surface area (Å²) in [6.45, 7) is 6.57. The monoisotopic (exact) mass is 309 g/mol. The van der Waals surface area contributed by atoms with Gasteiger partial charge in [-0.25, -0.2) is 0 Å². The Morgan fingerprint density at radius 2 is 2.00 bits per heavy atom. The van der Waals surface area contributed by atoms with Crippen LogP contribution in [0.4, 0.5) is 0 Å². The molecule has 5 heteroatoms. The van der Waals surface area contributed by atoms with Gasteiger partial charge in [-0.3, -0.25) is 9.59 Å². The molecule has 3 rings (SSSR count). The first kappa shape index (κ1) is 15.8. The number of rotatable bonds is 4. The molecular formula is C17H27NO4. The first-order valence-electron chi connectivity index (χ1n) is 8.51. The van der Waals surface area contributed by atoms with Gasteiger partial charge in [-0.15, -0.1) is 0 Å². The molecule has 1 atom stereocenters. The standard InChI is InChI=1S/C17H27NO4/c1-12-3-5-14(6-4-12)18-8-13(7-15(18)19)16(20)22-11-17(2)9-21-10-17/h12-14H,3-11H2,1-2H3. The normalized spacial score (nSPS) is 34.4. The van der Waals surface area contributed by atoms with Crippen LogP contribution in [0.5, 0.6) is 0 Å². The first-order valence-corrected chi connectivity index (χ1v) is 8.51. The van der Waals surface area contributed by atoms with Crippen molar-refractivity contribution in [3.63, 3.8) is 0 Å². The van der Waals surface area contributed by atoms with E-state index in [1.165, 1.54) is 12.8 Å². The number of amides is 1. The van der Waals surface area contributed by atoms with E-state index in [1.807, 2.05) is 4.90 Å². The molecule has 3 fully saturated rings. The van der Waals surface area contributed by atoms with Crippen molar-refractivity contribution in [3.05, 3.63) is 0 Å². The van der Waals surface area contributed by atoms with Crippen molar-refractivity contribution in [1.82, 2.24) is 4.90 Å². The zero-order valence-corrected chi connectivity index (χ0v) is 13.7. The number of likely N-dealkylation sites (tertiary alicyclic amines) is 1. The topological polar surface area (TPSA) is 55.8 Å². The highest BCUT2D eigenvalue weighted by molar-refractivity contribution is 5.87. The molecule has 1 aliphatic carbocycles. The lowest BCUT2D eigenvalue weighted by Crippen LogP contribution is -2.44. The SMILES string of the molecule is CC1CCC(N2CC(C(=O)OCC3(C)COC3)CC2=O)CC1. The van der Waals surface area contributed by atoms with Crippen LogP contribution in [0.1, 0.15) is 46.0 Å². The van der Waals surface area contributed by atoms with E-state index in [4.69, 9.17) is 9.47 Å². The average Bonchev–Trinajstić information content (AvgIpc) is 2.86. The van der Waals surface area contributed by atoms with Gasteiger partial charge in [0, 0.05) is 24.4 Å². The zero-order chi connectivity index (χ0) is 15.7. The molecule has 124 valence electrons. The van der Waals surface area contributed by atoms with Crippen molar-refractivity contribution >= 4 is 11.9 Å². The summed E-state index contributed by atoms with van der Waals surface area (Å²) in [5, 5.41) is 0. The van der Waals surface area contributed by atoms with Crippen LogP contribution in [0.3, 0.4) is 0 Å². The maximum atomic E-state index is 12.2. The lowest BCUT2D eigenvalue weighted by Gasteiger charge is -2.37. The molecule has 22 heavy (non-hydrogen) atoms. The van der Waals surface area contributed by atoms with Crippen LogP contribution in [-0.2, 0) is 19.1 Å². The van der Waals surface area contributed by atoms with Crippen LogP contribution < -0.4 is 0 Å². The van der Waals surface area contributed by atoms with Gasteiger partial charge in [-0.1, -0.05) is 13.8 Å². The Hall–Kier alpha value is -1.10. The molecule has 0 N–H and O–H groups in total. The van der Waals surface area contributed by atoms with Gasteiger partial charge >= 0.3 is 5.97 Å². The van der Waals surface area contributed by atoms with E-state index in [0.29, 0.717) is 38.8 Å². The van der Waals surface area contributed by atoms with Crippen molar-refractivity contribution in [2.75, 3.05) is 26.4 Å². The van der Waals surface area contributed by atoms with E-state index in [2.05, 4.69) is 13.8 Å². The molecule has 5 nitrogen and oxygen atoms in total. The van der Waals surface area contributed by atoms with E-state index in [0.717, 1.165) is 18.8 Å². The second-order valence-electron chi connectivity index (χ2n) is 7.77. The number of carbonyl (C=O) groups is 2. The Morgan fingerprint density at radius 3 is 2.59 bits per heavy atom. The molecule has 1 saturated carbocycles. The van der Waals surface area contributed by atoms with Crippen molar-refractivity contribution in [3.8, 4) is 0 Å². The fourth-order valence-electron chi connectivity index (χ4n) is 3.69. The smallest absolute Gasteiger partial charge is 0.311 e. The highest BCUT2D eigenvalue weighted by Gasteiger charge is 2.41. The van der Waals surface area contributed by atoms with Crippen molar-refractivity contribution < 1.29 is 19.1 Å². The predicted octanol–water partition coefficient (Wildman–Crippen LogP) is 1.99. The molecular weight excluding hydrogens is 282 g/mol. The highest BCUT2D eigenvalue weighted by atomic mass is 16.5. The molecule has 2 heterocycles. The summed E-state index contributed by atoms with van der Waals surface area (Å²) < 4.78 is 10.6. The first-order chi connectivity index (χ1) is 10.5. The minimum absolute atomic E-state index is 0.0303. The van der Waals surface area contributed by atoms with Gasteiger partial charge in [0.25, 0.3) is 0 Å². The fraction of sp³-hybridized carbons (Fsp3) is 0.882. The van der Waals surface area contributed by atoms with E-state index in [-0.39, 0.29) is 23.2 Å². The number of esters is 1. The van der Waals surface area contributed by atoms with Gasteiger partial charge in [-0.2, -0.15) is 0 Å². The van der Waals surface area contributed by atoms with Crippen LogP contribution in [0.2, 0.25) is 0 Å². The Balaban J connectivity index is 1.49. The molecule has 1 amide bonds. The molecule has 3 aliphatic rings. The van der Waals surface area contributed by atoms with E-state index < -0.39 is 0 Å². The summed E-state index contributed by atoms with van der Waals surface area (Å²) >= 11 is 0. The third kappa shape index (κ3) is 3.29. The second kappa shape index (κ2) is 6.19. The van der Waals surface area contributed by atoms with Gasteiger partial charge in [0.05, 0.1) is 19.1 Å². The predicted molar refractivity (Wildman–Crippen MR) is 81.1 cm³/mol. The Morgan fingerprint density at radius 1 is 1.32 bits per heavy atom. The minimum atomic E-state index is -0.281. The molecule has 0 radical (unpaired) electrons. The van der Waals surface area contributed by atoms with E-state index in [1.54, 1.807) is 0 Å². The lowest BCUT2D eigenvalue weighted by atomic mass is 9.87. The van der Waals surface area contributed by atoms with Crippen LogP contribution in [0.25, 0.3) is 0 Å². The number of carbonyl (C=O) groups excluding carboxylic acids is 2. The quantitative estimate of drug-likeness (QED) is 0.745. The lowest BCUT2D eigenvalue weighted by molar-refractivity contribution is -0.168. The van der Waals surface area contributed by atoms with Crippen molar-refractivity contribution in [2.45, 2.75) is 52.0 Å². The van der Waals surface area contributed by atoms with Gasteiger partial charge in [0.2, 0.25) is 5.91 Å². The van der Waals surface area contributed by atoms with Gasteiger partial charge in [-0.05, 0) is 31.6 Å².